The molecule has 3 nitrogen and oxygen atoms in total. The van der Waals surface area contributed by atoms with Crippen molar-refractivity contribution in [1.82, 2.24) is 0 Å². The quantitative estimate of drug-likeness (QED) is 0.301. The van der Waals surface area contributed by atoms with Crippen LogP contribution in [0.2, 0.25) is 0 Å². The fourth-order valence-electron chi connectivity index (χ4n) is 0.421. The first-order valence-electron chi connectivity index (χ1n) is 2.70. The van der Waals surface area contributed by atoms with E-state index in [2.05, 4.69) is 4.74 Å². The Balaban J connectivity index is 2.20. The monoisotopic (exact) mass is 128 g/mol. The van der Waals surface area contributed by atoms with Crippen LogP contribution in [-0.2, 0) is 14.3 Å². The molecule has 0 amide bonds. The second-order valence-electron chi connectivity index (χ2n) is 1.75. The summed E-state index contributed by atoms with van der Waals surface area (Å²) in [5.74, 6) is -0.328. The van der Waals surface area contributed by atoms with Crippen molar-refractivity contribution in [3.8, 4) is 0 Å². The Morgan fingerprint density at radius 1 is 1.89 bits per heavy atom. The zero-order valence-corrected chi connectivity index (χ0v) is 5.16. The first kappa shape index (κ1) is 6.29. The molecule has 0 saturated carbocycles. The van der Waals surface area contributed by atoms with Crippen LogP contribution in [0, 0.1) is 0 Å². The van der Waals surface area contributed by atoms with Crippen molar-refractivity contribution in [3.63, 3.8) is 0 Å². The Morgan fingerprint density at radius 3 is 3.00 bits per heavy atom. The van der Waals surface area contributed by atoms with Crippen molar-refractivity contribution in [3.05, 3.63) is 12.2 Å². The van der Waals surface area contributed by atoms with Crippen LogP contribution in [0.1, 0.15) is 0 Å². The second-order valence-corrected chi connectivity index (χ2v) is 1.75. The maximum atomic E-state index is 10.4. The first-order valence-corrected chi connectivity index (χ1v) is 2.70. The second kappa shape index (κ2) is 2.64. The molecule has 3 heteroatoms. The summed E-state index contributed by atoms with van der Waals surface area (Å²) in [6, 6.07) is 0. The number of hydrogen-bond acceptors (Lipinski definition) is 3. The molecule has 1 aliphatic rings. The van der Waals surface area contributed by atoms with Crippen LogP contribution in [-0.4, -0.2) is 25.8 Å². The standard InChI is InChI=1S/C6H8O3/c1-8-6(7)3-2-5-4-9-5/h2-3,5H,4H2,1H3. The fraction of sp³-hybridized carbons (Fsp3) is 0.500. The molecule has 0 bridgehead atoms. The van der Waals surface area contributed by atoms with Crippen LogP contribution >= 0.6 is 0 Å². The molecule has 50 valence electrons. The van der Waals surface area contributed by atoms with Crippen LogP contribution in [0.25, 0.3) is 0 Å². The molecule has 1 fully saturated rings. The first-order chi connectivity index (χ1) is 4.33. The van der Waals surface area contributed by atoms with Crippen LogP contribution in [0.15, 0.2) is 12.2 Å². The van der Waals surface area contributed by atoms with Gasteiger partial charge in [0.2, 0.25) is 0 Å². The molecule has 9 heavy (non-hydrogen) atoms. The molecule has 1 rings (SSSR count). The average molecular weight is 128 g/mol. The van der Waals surface area contributed by atoms with E-state index in [4.69, 9.17) is 4.74 Å². The van der Waals surface area contributed by atoms with Gasteiger partial charge in [-0.05, 0) is 6.08 Å². The van der Waals surface area contributed by atoms with Gasteiger partial charge in [0.05, 0.1) is 19.8 Å². The van der Waals surface area contributed by atoms with Gasteiger partial charge in [0.25, 0.3) is 0 Å². The number of ether oxygens (including phenoxy) is 2. The van der Waals surface area contributed by atoms with E-state index in [9.17, 15) is 4.79 Å². The van der Waals surface area contributed by atoms with Crippen molar-refractivity contribution in [2.24, 2.45) is 0 Å². The normalized spacial score (nSPS) is 24.3. The third-order valence-corrected chi connectivity index (χ3v) is 1.01. The Hall–Kier alpha value is -0.830. The van der Waals surface area contributed by atoms with Gasteiger partial charge in [-0.15, -0.1) is 0 Å². The number of rotatable bonds is 2. The van der Waals surface area contributed by atoms with Crippen molar-refractivity contribution < 1.29 is 14.3 Å². The zero-order chi connectivity index (χ0) is 6.69. The van der Waals surface area contributed by atoms with E-state index >= 15 is 0 Å². The third kappa shape index (κ3) is 2.28. The SMILES string of the molecule is COC(=O)C=CC1CO1. The summed E-state index contributed by atoms with van der Waals surface area (Å²) in [7, 11) is 1.35. The molecule has 1 unspecified atom stereocenters. The highest BCUT2D eigenvalue weighted by Gasteiger charge is 2.18. The molecule has 1 atom stereocenters. The Kier molecular flexibility index (Phi) is 1.85. The van der Waals surface area contributed by atoms with E-state index in [1.807, 2.05) is 0 Å². The van der Waals surface area contributed by atoms with Crippen molar-refractivity contribution >= 4 is 5.97 Å². The van der Waals surface area contributed by atoms with Gasteiger partial charge < -0.3 is 9.47 Å². The zero-order valence-electron chi connectivity index (χ0n) is 5.16. The molecular weight excluding hydrogens is 120 g/mol. The van der Waals surface area contributed by atoms with Crippen molar-refractivity contribution in [2.75, 3.05) is 13.7 Å². The molecule has 1 aliphatic heterocycles. The number of carbonyl (C=O) groups is 1. The summed E-state index contributed by atoms with van der Waals surface area (Å²) in [6.07, 6.45) is 3.22. The van der Waals surface area contributed by atoms with Crippen LogP contribution in [0.3, 0.4) is 0 Å². The Labute approximate surface area is 53.3 Å². The molecule has 0 N–H and O–H groups in total. The molecular formula is C6H8O3. The van der Waals surface area contributed by atoms with Crippen LogP contribution in [0.5, 0.6) is 0 Å². The molecule has 0 radical (unpaired) electrons. The van der Waals surface area contributed by atoms with E-state index in [1.165, 1.54) is 13.2 Å². The molecule has 0 aliphatic carbocycles. The van der Waals surface area contributed by atoms with Gasteiger partial charge in [-0.25, -0.2) is 4.79 Å². The lowest BCUT2D eigenvalue weighted by Gasteiger charge is -1.86. The van der Waals surface area contributed by atoms with Gasteiger partial charge in [-0.3, -0.25) is 0 Å². The number of hydrogen-bond donors (Lipinski definition) is 0. The van der Waals surface area contributed by atoms with Gasteiger partial charge in [0.15, 0.2) is 0 Å². The minimum absolute atomic E-state index is 0.157. The lowest BCUT2D eigenvalue weighted by Crippen LogP contribution is -1.94. The molecule has 0 aromatic carbocycles. The van der Waals surface area contributed by atoms with E-state index in [-0.39, 0.29) is 12.1 Å². The van der Waals surface area contributed by atoms with Gasteiger partial charge in [-0.1, -0.05) is 0 Å². The maximum absolute atomic E-state index is 10.4. The number of esters is 1. The highest BCUT2D eigenvalue weighted by Crippen LogP contribution is 2.09. The van der Waals surface area contributed by atoms with Crippen molar-refractivity contribution in [1.29, 1.82) is 0 Å². The lowest BCUT2D eigenvalue weighted by molar-refractivity contribution is -0.134. The molecule has 0 spiro atoms. The third-order valence-electron chi connectivity index (χ3n) is 1.01. The van der Waals surface area contributed by atoms with Gasteiger partial charge in [-0.2, -0.15) is 0 Å². The maximum Gasteiger partial charge on any atom is 0.330 e. The summed E-state index contributed by atoms with van der Waals surface area (Å²) < 4.78 is 9.16. The van der Waals surface area contributed by atoms with E-state index in [1.54, 1.807) is 6.08 Å². The smallest absolute Gasteiger partial charge is 0.330 e. The fourth-order valence-corrected chi connectivity index (χ4v) is 0.421. The highest BCUT2D eigenvalue weighted by molar-refractivity contribution is 5.81. The predicted molar refractivity (Wildman–Crippen MR) is 30.9 cm³/mol. The molecule has 0 aromatic rings. The number of epoxide rings is 1. The topological polar surface area (TPSA) is 38.8 Å². The average Bonchev–Trinajstić information content (AvgIpc) is 2.65. The summed E-state index contributed by atoms with van der Waals surface area (Å²) in [6.45, 7) is 0.730. The van der Waals surface area contributed by atoms with E-state index < -0.39 is 0 Å². The van der Waals surface area contributed by atoms with Gasteiger partial charge >= 0.3 is 5.97 Å². The molecule has 0 aromatic heterocycles. The molecule has 1 saturated heterocycles. The van der Waals surface area contributed by atoms with Gasteiger partial charge in [0.1, 0.15) is 0 Å². The lowest BCUT2D eigenvalue weighted by atomic mass is 10.4. The summed E-state index contributed by atoms with van der Waals surface area (Å²) in [5.41, 5.74) is 0. The van der Waals surface area contributed by atoms with E-state index in [0.717, 1.165) is 6.61 Å². The number of methoxy groups -OCH3 is 1. The largest absolute Gasteiger partial charge is 0.466 e. The van der Waals surface area contributed by atoms with Crippen LogP contribution in [0.4, 0.5) is 0 Å². The minimum Gasteiger partial charge on any atom is -0.466 e. The highest BCUT2D eigenvalue weighted by atomic mass is 16.6. The predicted octanol–water partition coefficient (Wildman–Crippen LogP) is 0.114. The van der Waals surface area contributed by atoms with Crippen LogP contribution < -0.4 is 0 Å². The van der Waals surface area contributed by atoms with E-state index in [0.29, 0.717) is 0 Å². The summed E-state index contributed by atoms with van der Waals surface area (Å²) in [5, 5.41) is 0. The Bertz CT molecular complexity index is 135. The minimum atomic E-state index is -0.328. The van der Waals surface area contributed by atoms with Crippen molar-refractivity contribution in [2.45, 2.75) is 6.10 Å². The summed E-state index contributed by atoms with van der Waals surface area (Å²) >= 11 is 0. The summed E-state index contributed by atoms with van der Waals surface area (Å²) in [4.78, 5) is 10.4. The van der Waals surface area contributed by atoms with Gasteiger partial charge in [0, 0.05) is 6.08 Å². The Morgan fingerprint density at radius 2 is 2.56 bits per heavy atom. The molecule has 1 heterocycles. The number of carbonyl (C=O) groups excluding carboxylic acids is 1.